The van der Waals surface area contributed by atoms with Gasteiger partial charge in [-0.25, -0.2) is 4.39 Å². The van der Waals surface area contributed by atoms with E-state index in [-0.39, 0.29) is 11.7 Å². The second-order valence-electron chi connectivity index (χ2n) is 6.84. The fourth-order valence-corrected chi connectivity index (χ4v) is 3.52. The lowest BCUT2D eigenvalue weighted by Crippen LogP contribution is -2.28. The molecule has 0 aliphatic carbocycles. The number of nitrogens with zero attached hydrogens (tertiary/aromatic N) is 3. The molecule has 0 spiro atoms. The van der Waals surface area contributed by atoms with Gasteiger partial charge in [-0.2, -0.15) is 4.98 Å². The number of fused-ring (bicyclic) bond motifs is 1. The van der Waals surface area contributed by atoms with E-state index >= 15 is 0 Å². The third-order valence-electron chi connectivity index (χ3n) is 5.04. The number of carbonyl (C=O) groups is 1. The van der Waals surface area contributed by atoms with Crippen LogP contribution in [0, 0.1) is 5.82 Å². The number of rotatable bonds is 3. The van der Waals surface area contributed by atoms with Crippen LogP contribution in [-0.2, 0) is 6.42 Å². The molecule has 0 fully saturated rings. The molecular formula is C23H16FN3O2. The number of para-hydroxylation sites is 1. The first-order valence-corrected chi connectivity index (χ1v) is 9.29. The second-order valence-corrected chi connectivity index (χ2v) is 6.84. The van der Waals surface area contributed by atoms with Gasteiger partial charge in [0.05, 0.1) is 0 Å². The van der Waals surface area contributed by atoms with Gasteiger partial charge >= 0.3 is 0 Å². The van der Waals surface area contributed by atoms with Gasteiger partial charge in [-0.1, -0.05) is 23.4 Å². The predicted octanol–water partition coefficient (Wildman–Crippen LogP) is 4.75. The maximum atomic E-state index is 13.1. The van der Waals surface area contributed by atoms with E-state index in [1.807, 2.05) is 23.1 Å². The van der Waals surface area contributed by atoms with Gasteiger partial charge in [0.1, 0.15) is 5.82 Å². The van der Waals surface area contributed by atoms with Crippen LogP contribution < -0.4 is 4.90 Å². The van der Waals surface area contributed by atoms with E-state index in [1.165, 1.54) is 17.7 Å². The number of halogens is 1. The van der Waals surface area contributed by atoms with Gasteiger partial charge in [-0.15, -0.1) is 0 Å². The summed E-state index contributed by atoms with van der Waals surface area (Å²) in [5.74, 6) is 0.376. The largest absolute Gasteiger partial charge is 0.334 e. The molecule has 0 N–H and O–H groups in total. The zero-order valence-electron chi connectivity index (χ0n) is 15.4. The highest BCUT2D eigenvalue weighted by Gasteiger charge is 2.25. The number of benzene rings is 3. The first kappa shape index (κ1) is 17.3. The molecule has 5 nitrogen and oxygen atoms in total. The molecule has 5 rings (SSSR count). The van der Waals surface area contributed by atoms with E-state index < -0.39 is 0 Å². The van der Waals surface area contributed by atoms with Gasteiger partial charge in [0, 0.05) is 28.9 Å². The van der Waals surface area contributed by atoms with Crippen molar-refractivity contribution in [1.82, 2.24) is 10.1 Å². The van der Waals surface area contributed by atoms with Crippen molar-refractivity contribution in [1.29, 1.82) is 0 Å². The van der Waals surface area contributed by atoms with Crippen molar-refractivity contribution in [3.63, 3.8) is 0 Å². The Morgan fingerprint density at radius 3 is 2.45 bits per heavy atom. The van der Waals surface area contributed by atoms with Gasteiger partial charge in [0.25, 0.3) is 11.8 Å². The molecule has 2 heterocycles. The van der Waals surface area contributed by atoms with Crippen molar-refractivity contribution in [2.45, 2.75) is 6.42 Å². The first-order valence-electron chi connectivity index (χ1n) is 9.29. The molecule has 1 aliphatic heterocycles. The minimum absolute atomic E-state index is 0.0287. The highest BCUT2D eigenvalue weighted by Crippen LogP contribution is 2.29. The lowest BCUT2D eigenvalue weighted by molar-refractivity contribution is 0.0989. The normalized spacial score (nSPS) is 12.8. The lowest BCUT2D eigenvalue weighted by atomic mass is 10.1. The van der Waals surface area contributed by atoms with Crippen LogP contribution in [0.1, 0.15) is 15.9 Å². The summed E-state index contributed by atoms with van der Waals surface area (Å²) in [6.45, 7) is 0.685. The second kappa shape index (κ2) is 6.98. The predicted molar refractivity (Wildman–Crippen MR) is 107 cm³/mol. The summed E-state index contributed by atoms with van der Waals surface area (Å²) >= 11 is 0. The van der Waals surface area contributed by atoms with Gasteiger partial charge in [0.15, 0.2) is 0 Å². The van der Waals surface area contributed by atoms with Crippen LogP contribution in [0.3, 0.4) is 0 Å². The number of amides is 1. The Morgan fingerprint density at radius 1 is 0.931 bits per heavy atom. The van der Waals surface area contributed by atoms with E-state index in [0.29, 0.717) is 35.0 Å². The van der Waals surface area contributed by atoms with Crippen LogP contribution in [0.25, 0.3) is 22.8 Å². The van der Waals surface area contributed by atoms with Crippen LogP contribution in [0.2, 0.25) is 0 Å². The summed E-state index contributed by atoms with van der Waals surface area (Å²) in [5, 5.41) is 3.95. The molecule has 0 saturated carbocycles. The van der Waals surface area contributed by atoms with Gasteiger partial charge in [-0.05, 0) is 66.6 Å². The average Bonchev–Trinajstić information content (AvgIpc) is 3.42. The number of hydrogen-bond acceptors (Lipinski definition) is 4. The summed E-state index contributed by atoms with van der Waals surface area (Å²) in [6, 6.07) is 21.0. The van der Waals surface area contributed by atoms with Crippen LogP contribution in [0.15, 0.2) is 77.3 Å². The minimum atomic E-state index is -0.321. The van der Waals surface area contributed by atoms with Crippen LogP contribution in [0.4, 0.5) is 10.1 Å². The fourth-order valence-electron chi connectivity index (χ4n) is 3.52. The zero-order valence-corrected chi connectivity index (χ0v) is 15.4. The van der Waals surface area contributed by atoms with E-state index in [2.05, 4.69) is 16.2 Å². The Kier molecular flexibility index (Phi) is 4.17. The topological polar surface area (TPSA) is 59.2 Å². The van der Waals surface area contributed by atoms with Gasteiger partial charge in [-0.3, -0.25) is 4.79 Å². The monoisotopic (exact) mass is 385 g/mol. The quantitative estimate of drug-likeness (QED) is 0.511. The molecule has 3 aromatic carbocycles. The van der Waals surface area contributed by atoms with Gasteiger partial charge in [0.2, 0.25) is 5.82 Å². The molecular weight excluding hydrogens is 369 g/mol. The fraction of sp³-hybridized carbons (Fsp3) is 0.0870. The summed E-state index contributed by atoms with van der Waals surface area (Å²) in [7, 11) is 0. The van der Waals surface area contributed by atoms with Gasteiger partial charge < -0.3 is 9.42 Å². The van der Waals surface area contributed by atoms with Crippen molar-refractivity contribution in [2.24, 2.45) is 0 Å². The number of anilines is 1. The van der Waals surface area contributed by atoms with Crippen LogP contribution in [-0.4, -0.2) is 22.6 Å². The third kappa shape index (κ3) is 3.18. The maximum Gasteiger partial charge on any atom is 0.258 e. The van der Waals surface area contributed by atoms with E-state index in [4.69, 9.17) is 4.52 Å². The molecule has 0 unspecified atom stereocenters. The summed E-state index contributed by atoms with van der Waals surface area (Å²) in [4.78, 5) is 19.1. The van der Waals surface area contributed by atoms with Crippen molar-refractivity contribution in [3.05, 3.63) is 89.7 Å². The summed E-state index contributed by atoms with van der Waals surface area (Å²) in [6.07, 6.45) is 0.869. The highest BCUT2D eigenvalue weighted by molar-refractivity contribution is 6.07. The summed E-state index contributed by atoms with van der Waals surface area (Å²) in [5.41, 5.74) is 4.15. The smallest absolute Gasteiger partial charge is 0.258 e. The molecule has 142 valence electrons. The summed E-state index contributed by atoms with van der Waals surface area (Å²) < 4.78 is 18.4. The van der Waals surface area contributed by atoms with Crippen molar-refractivity contribution < 1.29 is 13.7 Å². The van der Waals surface area contributed by atoms with Crippen molar-refractivity contribution >= 4 is 11.6 Å². The number of aromatic nitrogens is 2. The van der Waals surface area contributed by atoms with E-state index in [9.17, 15) is 9.18 Å². The Bertz CT molecular complexity index is 1180. The molecule has 1 aromatic heterocycles. The third-order valence-corrected chi connectivity index (χ3v) is 5.04. The average molecular weight is 385 g/mol. The molecule has 29 heavy (non-hydrogen) atoms. The first-order chi connectivity index (χ1) is 14.2. The number of hydrogen-bond donors (Lipinski definition) is 0. The Morgan fingerprint density at radius 2 is 1.66 bits per heavy atom. The number of carbonyl (C=O) groups excluding carboxylic acids is 1. The molecule has 1 aliphatic rings. The standard InChI is InChI=1S/C23H16FN3O2/c24-19-11-9-16(10-12-19)21-25-22(29-26-21)17-5-7-18(8-6-17)23(28)27-14-13-15-3-1-2-4-20(15)27/h1-12H,13-14H2. The van der Waals surface area contributed by atoms with E-state index in [0.717, 1.165) is 12.1 Å². The molecule has 1 amide bonds. The molecule has 0 atom stereocenters. The zero-order chi connectivity index (χ0) is 19.8. The lowest BCUT2D eigenvalue weighted by Gasteiger charge is -2.17. The van der Waals surface area contributed by atoms with Crippen LogP contribution in [0.5, 0.6) is 0 Å². The molecule has 0 bridgehead atoms. The van der Waals surface area contributed by atoms with E-state index in [1.54, 1.807) is 36.4 Å². The minimum Gasteiger partial charge on any atom is -0.334 e. The Hall–Kier alpha value is -3.80. The Balaban J connectivity index is 1.37. The maximum absolute atomic E-state index is 13.1. The van der Waals surface area contributed by atoms with Crippen molar-refractivity contribution in [3.8, 4) is 22.8 Å². The highest BCUT2D eigenvalue weighted by atomic mass is 19.1. The Labute approximate surface area is 166 Å². The molecule has 0 radical (unpaired) electrons. The van der Waals surface area contributed by atoms with Crippen molar-refractivity contribution in [2.75, 3.05) is 11.4 Å². The van der Waals surface area contributed by atoms with Crippen LogP contribution >= 0.6 is 0 Å². The SMILES string of the molecule is O=C(c1ccc(-c2nc(-c3ccc(F)cc3)no2)cc1)N1CCc2ccccc21. The molecule has 0 saturated heterocycles. The molecule has 6 heteroatoms. The molecule has 4 aromatic rings.